The number of carbonyl (C=O) groups excluding carboxylic acids is 5. The maximum Gasteiger partial charge on any atom is 0.308 e. The summed E-state index contributed by atoms with van der Waals surface area (Å²) >= 11 is 0. The van der Waals surface area contributed by atoms with Crippen LogP contribution >= 0.6 is 0 Å². The van der Waals surface area contributed by atoms with Gasteiger partial charge in [-0.05, 0) is 26.0 Å². The fourth-order valence-electron chi connectivity index (χ4n) is 3.65. The molecule has 13 nitrogen and oxygen atoms in total. The lowest BCUT2D eigenvalue weighted by atomic mass is 10.1. The van der Waals surface area contributed by atoms with E-state index >= 15 is 0 Å². The van der Waals surface area contributed by atoms with E-state index in [1.165, 1.54) is 24.3 Å². The lowest BCUT2D eigenvalue weighted by molar-refractivity contribution is -0.135. The summed E-state index contributed by atoms with van der Waals surface area (Å²) in [5, 5.41) is -0.201. The second-order valence-electron chi connectivity index (χ2n) is 8.82. The molecule has 41 heavy (non-hydrogen) atoms. The minimum absolute atomic E-state index is 0.00465. The molecule has 0 saturated heterocycles. The first-order valence-corrected chi connectivity index (χ1v) is 12.1. The quantitative estimate of drug-likeness (QED) is 0.282. The number of hydrogen-bond acceptors (Lipinski definition) is 13. The van der Waals surface area contributed by atoms with Crippen molar-refractivity contribution in [1.82, 2.24) is 0 Å². The summed E-state index contributed by atoms with van der Waals surface area (Å²) in [5.74, 6) is -5.87. The summed E-state index contributed by atoms with van der Waals surface area (Å²) in [6.45, 7) is 8.81. The number of carbonyl (C=O) groups is 5. The smallest absolute Gasteiger partial charge is 0.308 e. The van der Waals surface area contributed by atoms with E-state index in [1.54, 1.807) is 13.8 Å². The van der Waals surface area contributed by atoms with Crippen LogP contribution in [0, 0.1) is 0 Å². The molecule has 13 heteroatoms. The molecule has 0 radical (unpaired) electrons. The third kappa shape index (κ3) is 7.47. The highest BCUT2D eigenvalue weighted by atomic mass is 16.6. The van der Waals surface area contributed by atoms with E-state index in [0.717, 1.165) is 34.6 Å². The van der Waals surface area contributed by atoms with Gasteiger partial charge in [-0.1, -0.05) is 0 Å². The monoisotopic (exact) mass is 570 g/mol. The Labute approximate surface area is 232 Å². The number of hydrogen-bond donors (Lipinski definition) is 0. The van der Waals surface area contributed by atoms with Gasteiger partial charge in [0, 0.05) is 52.3 Å². The zero-order valence-electron chi connectivity index (χ0n) is 23.2. The summed E-state index contributed by atoms with van der Waals surface area (Å²) in [4.78, 5) is 72.7. The molecule has 0 aliphatic carbocycles. The minimum Gasteiger partial charge on any atom is -0.484 e. The zero-order chi connectivity index (χ0) is 30.6. The lowest BCUT2D eigenvalue weighted by Crippen LogP contribution is -2.17. The number of benzene rings is 2. The Kier molecular flexibility index (Phi) is 9.12. The van der Waals surface area contributed by atoms with Crippen LogP contribution in [-0.4, -0.2) is 36.0 Å². The summed E-state index contributed by atoms with van der Waals surface area (Å²) < 4.78 is 37.7. The number of ether oxygens (including phenoxy) is 6. The Morgan fingerprint density at radius 3 is 1.59 bits per heavy atom. The first-order chi connectivity index (χ1) is 19.2. The molecule has 0 aliphatic heterocycles. The highest BCUT2D eigenvalue weighted by Crippen LogP contribution is 2.45. The summed E-state index contributed by atoms with van der Waals surface area (Å²) in [7, 11) is 0. The molecule has 0 bridgehead atoms. The van der Waals surface area contributed by atoms with Crippen LogP contribution in [0.2, 0.25) is 0 Å². The molecule has 216 valence electrons. The molecule has 0 atom stereocenters. The van der Waals surface area contributed by atoms with Crippen LogP contribution in [0.5, 0.6) is 34.5 Å². The maximum atomic E-state index is 13.8. The second kappa shape index (κ2) is 12.3. The average Bonchev–Trinajstić information content (AvgIpc) is 2.80. The highest BCUT2D eigenvalue weighted by molar-refractivity contribution is 5.91. The maximum absolute atomic E-state index is 13.8. The van der Waals surface area contributed by atoms with Gasteiger partial charge in [0.2, 0.25) is 16.9 Å². The molecule has 3 aromatic rings. The fourth-order valence-corrected chi connectivity index (χ4v) is 3.65. The van der Waals surface area contributed by atoms with E-state index < -0.39 is 41.4 Å². The molecule has 0 aliphatic rings. The SMILES string of the molecule is CC(=O)Oc1cc(OC(C)=O)c2c(=O)c(OC(C)C)c(-c3cc(OC(C)=O)c(OC(C)=O)c(OC(C)=O)c3)oc2c1. The molecule has 3 rings (SSSR count). The molecule has 2 aromatic carbocycles. The van der Waals surface area contributed by atoms with Crippen molar-refractivity contribution in [2.75, 3.05) is 0 Å². The van der Waals surface area contributed by atoms with Gasteiger partial charge in [-0.2, -0.15) is 0 Å². The normalized spacial score (nSPS) is 10.6. The van der Waals surface area contributed by atoms with Crippen molar-refractivity contribution >= 4 is 40.8 Å². The Bertz CT molecular complexity index is 1590. The Morgan fingerprint density at radius 2 is 1.12 bits per heavy atom. The van der Waals surface area contributed by atoms with Crippen molar-refractivity contribution in [3.63, 3.8) is 0 Å². The van der Waals surface area contributed by atoms with Crippen LogP contribution in [0.25, 0.3) is 22.3 Å². The predicted octanol–water partition coefficient (Wildman–Crippen LogP) is 3.87. The molecule has 0 spiro atoms. The highest BCUT2D eigenvalue weighted by Gasteiger charge is 2.27. The first-order valence-electron chi connectivity index (χ1n) is 12.1. The Morgan fingerprint density at radius 1 is 0.634 bits per heavy atom. The average molecular weight is 571 g/mol. The van der Waals surface area contributed by atoms with Crippen molar-refractivity contribution in [3.8, 4) is 45.8 Å². The van der Waals surface area contributed by atoms with E-state index in [2.05, 4.69) is 0 Å². The van der Waals surface area contributed by atoms with E-state index in [4.69, 9.17) is 32.8 Å². The fraction of sp³-hybridized carbons (Fsp3) is 0.286. The van der Waals surface area contributed by atoms with Gasteiger partial charge in [0.15, 0.2) is 17.3 Å². The van der Waals surface area contributed by atoms with E-state index in [0.29, 0.717) is 0 Å². The first kappa shape index (κ1) is 30.3. The number of esters is 5. The van der Waals surface area contributed by atoms with E-state index in [9.17, 15) is 28.8 Å². The summed E-state index contributed by atoms with van der Waals surface area (Å²) in [5.41, 5.74) is -0.953. The van der Waals surface area contributed by atoms with Gasteiger partial charge in [0.05, 0.1) is 6.10 Å². The zero-order valence-corrected chi connectivity index (χ0v) is 23.2. The van der Waals surface area contributed by atoms with Gasteiger partial charge in [-0.15, -0.1) is 0 Å². The van der Waals surface area contributed by atoms with Crippen LogP contribution in [0.15, 0.2) is 33.5 Å². The number of fused-ring (bicyclic) bond motifs is 1. The topological polar surface area (TPSA) is 171 Å². The van der Waals surface area contributed by atoms with Crippen molar-refractivity contribution in [2.45, 2.75) is 54.6 Å². The van der Waals surface area contributed by atoms with E-state index in [1.807, 2.05) is 0 Å². The van der Waals surface area contributed by atoms with Crippen LogP contribution in [0.3, 0.4) is 0 Å². The van der Waals surface area contributed by atoms with Gasteiger partial charge < -0.3 is 32.8 Å². The van der Waals surface area contributed by atoms with Crippen molar-refractivity contribution in [2.24, 2.45) is 0 Å². The van der Waals surface area contributed by atoms with Crippen LogP contribution in [-0.2, 0) is 24.0 Å². The van der Waals surface area contributed by atoms with E-state index in [-0.39, 0.29) is 56.8 Å². The summed E-state index contributed by atoms with van der Waals surface area (Å²) in [6, 6.07) is 4.80. The lowest BCUT2D eigenvalue weighted by Gasteiger charge is -2.18. The summed E-state index contributed by atoms with van der Waals surface area (Å²) in [6.07, 6.45) is -0.562. The standard InChI is InChI=1S/C28H26O13/c1-12(2)35-28-25(34)24-20(37-14(4)30)10-19(36-13(3)29)11-21(24)41-26(28)18-8-22(38-15(5)31)27(40-17(7)33)23(9-18)39-16(6)32/h8-12H,1-7H3. The predicted molar refractivity (Wildman–Crippen MR) is 140 cm³/mol. The molecule has 1 heterocycles. The Hall–Kier alpha value is -5.20. The molecule has 0 fully saturated rings. The van der Waals surface area contributed by atoms with Gasteiger partial charge in [-0.3, -0.25) is 28.8 Å². The third-order valence-corrected chi connectivity index (χ3v) is 4.80. The van der Waals surface area contributed by atoms with Crippen LogP contribution in [0.4, 0.5) is 0 Å². The molecule has 0 N–H and O–H groups in total. The van der Waals surface area contributed by atoms with Gasteiger partial charge >= 0.3 is 29.8 Å². The molecular weight excluding hydrogens is 544 g/mol. The molecular formula is C28H26O13. The molecule has 0 unspecified atom stereocenters. The largest absolute Gasteiger partial charge is 0.484 e. The van der Waals surface area contributed by atoms with Crippen molar-refractivity contribution in [3.05, 3.63) is 34.5 Å². The number of rotatable bonds is 8. The minimum atomic E-state index is -0.809. The van der Waals surface area contributed by atoms with Crippen molar-refractivity contribution in [1.29, 1.82) is 0 Å². The molecule has 0 saturated carbocycles. The van der Waals surface area contributed by atoms with Gasteiger partial charge in [-0.25, -0.2) is 0 Å². The van der Waals surface area contributed by atoms with Gasteiger partial charge in [0.25, 0.3) is 0 Å². The van der Waals surface area contributed by atoms with Crippen LogP contribution in [0.1, 0.15) is 48.5 Å². The molecule has 1 aromatic heterocycles. The van der Waals surface area contributed by atoms with Crippen molar-refractivity contribution < 1.29 is 56.8 Å². The Balaban J connectivity index is 2.48. The van der Waals surface area contributed by atoms with Crippen LogP contribution < -0.4 is 33.8 Å². The third-order valence-electron chi connectivity index (χ3n) is 4.80. The molecule has 0 amide bonds. The van der Waals surface area contributed by atoms with Gasteiger partial charge in [0.1, 0.15) is 22.5 Å². The second-order valence-corrected chi connectivity index (χ2v) is 8.82.